The molecule has 0 aliphatic heterocycles. The number of hydrogen-bond donors (Lipinski definition) is 7. The van der Waals surface area contributed by atoms with Gasteiger partial charge >= 0.3 is 0 Å². The summed E-state index contributed by atoms with van der Waals surface area (Å²) >= 11 is 0. The number of aromatic amines is 1. The van der Waals surface area contributed by atoms with Crippen molar-refractivity contribution < 1.29 is 20.4 Å². The first-order valence-corrected chi connectivity index (χ1v) is 15.1. The fourth-order valence-corrected chi connectivity index (χ4v) is 8.68. The number of rotatable bonds is 5. The van der Waals surface area contributed by atoms with Gasteiger partial charge in [-0.2, -0.15) is 0 Å². The molecule has 2 fully saturated rings. The molecule has 9 atom stereocenters. The van der Waals surface area contributed by atoms with E-state index < -0.39 is 28.8 Å². The van der Waals surface area contributed by atoms with Crippen LogP contribution in [0.3, 0.4) is 0 Å². The smallest absolute Gasteiger partial charge is 0.189 e. The SMILES string of the molecule is CN=C(N)NC1C#CC2CC(CCO)C=C(Cc3cc4ccccc4[nH]3)C23CCC(C)(O)C2CC(O)C(O)(C1)C2C3. The topological polar surface area (TPSA) is 147 Å². The summed E-state index contributed by atoms with van der Waals surface area (Å²) < 4.78 is 0. The van der Waals surface area contributed by atoms with Crippen LogP contribution in [0.5, 0.6) is 0 Å². The van der Waals surface area contributed by atoms with Gasteiger partial charge in [0, 0.05) is 49.0 Å². The highest BCUT2D eigenvalue weighted by molar-refractivity contribution is 5.80. The van der Waals surface area contributed by atoms with E-state index in [-0.39, 0.29) is 42.7 Å². The lowest BCUT2D eigenvalue weighted by molar-refractivity contribution is -0.106. The van der Waals surface area contributed by atoms with Gasteiger partial charge in [0.05, 0.1) is 23.3 Å². The number of para-hydroxylation sites is 1. The van der Waals surface area contributed by atoms with Crippen molar-refractivity contribution in [3.05, 3.63) is 47.7 Å². The first kappa shape index (κ1) is 28.3. The third kappa shape index (κ3) is 4.87. The molecule has 0 amide bonds. The van der Waals surface area contributed by atoms with E-state index in [9.17, 15) is 20.4 Å². The number of aromatic nitrogens is 1. The fourth-order valence-electron chi connectivity index (χ4n) is 8.68. The second-order valence-electron chi connectivity index (χ2n) is 13.3. The van der Waals surface area contributed by atoms with Crippen molar-refractivity contribution in [3.8, 4) is 11.8 Å². The fraction of sp³-hybridized carbons (Fsp3) is 0.606. The van der Waals surface area contributed by atoms with E-state index in [1.165, 1.54) is 5.57 Å². The maximum absolute atomic E-state index is 12.3. The van der Waals surface area contributed by atoms with Gasteiger partial charge in [-0.05, 0) is 80.7 Å². The summed E-state index contributed by atoms with van der Waals surface area (Å²) in [6, 6.07) is 9.97. The van der Waals surface area contributed by atoms with E-state index in [2.05, 4.69) is 51.4 Å². The Labute approximate surface area is 242 Å². The quantitative estimate of drug-likeness (QED) is 0.129. The van der Waals surface area contributed by atoms with E-state index in [0.717, 1.165) is 29.4 Å². The first-order valence-electron chi connectivity index (χ1n) is 15.1. The van der Waals surface area contributed by atoms with Crippen LogP contribution >= 0.6 is 0 Å². The maximum atomic E-state index is 12.3. The van der Waals surface area contributed by atoms with Crippen molar-refractivity contribution in [3.63, 3.8) is 0 Å². The molecule has 4 aliphatic carbocycles. The Kier molecular flexibility index (Phi) is 7.22. The van der Waals surface area contributed by atoms with Crippen molar-refractivity contribution >= 4 is 16.9 Å². The largest absolute Gasteiger partial charge is 0.396 e. The zero-order valence-corrected chi connectivity index (χ0v) is 24.1. The number of H-pyrrole nitrogens is 1. The van der Waals surface area contributed by atoms with Crippen LogP contribution in [-0.2, 0) is 6.42 Å². The van der Waals surface area contributed by atoms with Crippen LogP contribution in [0.25, 0.3) is 10.9 Å². The third-order valence-electron chi connectivity index (χ3n) is 10.9. The summed E-state index contributed by atoms with van der Waals surface area (Å²) in [4.78, 5) is 7.66. The third-order valence-corrected chi connectivity index (χ3v) is 10.9. The molecule has 0 radical (unpaired) electrons. The summed E-state index contributed by atoms with van der Waals surface area (Å²) in [5.74, 6) is 6.85. The lowest BCUT2D eigenvalue weighted by Gasteiger charge is -2.48. The second kappa shape index (κ2) is 10.5. The van der Waals surface area contributed by atoms with E-state index in [4.69, 9.17) is 5.73 Å². The zero-order valence-electron chi connectivity index (χ0n) is 24.1. The number of nitrogens with zero attached hydrogens (tertiary/aromatic N) is 1. The van der Waals surface area contributed by atoms with Gasteiger partial charge in [0.2, 0.25) is 0 Å². The molecule has 0 saturated heterocycles. The van der Waals surface area contributed by atoms with Crippen molar-refractivity contribution in [2.24, 2.45) is 39.8 Å². The van der Waals surface area contributed by atoms with Crippen molar-refractivity contribution in [2.45, 2.75) is 81.6 Å². The molecular weight excluding hydrogens is 516 g/mol. The van der Waals surface area contributed by atoms with Crippen LogP contribution < -0.4 is 11.1 Å². The van der Waals surface area contributed by atoms with E-state index in [0.29, 0.717) is 32.1 Å². The molecule has 2 bridgehead atoms. The number of nitrogens with two attached hydrogens (primary N) is 1. The molecule has 1 spiro atoms. The molecule has 8 N–H and O–H groups in total. The van der Waals surface area contributed by atoms with Gasteiger partial charge in [0.25, 0.3) is 0 Å². The molecule has 1 aromatic heterocycles. The Morgan fingerprint density at radius 2 is 1.95 bits per heavy atom. The van der Waals surface area contributed by atoms with Gasteiger partial charge in [-0.3, -0.25) is 4.99 Å². The molecule has 220 valence electrons. The monoisotopic (exact) mass is 560 g/mol. The highest BCUT2D eigenvalue weighted by Crippen LogP contribution is 2.62. The minimum atomic E-state index is -1.44. The number of hydrogen-bond acceptors (Lipinski definition) is 5. The number of aliphatic hydroxyl groups excluding tert-OH is 2. The number of aliphatic hydroxyl groups is 4. The molecule has 2 saturated carbocycles. The highest BCUT2D eigenvalue weighted by Gasteiger charge is 2.63. The molecule has 1 heterocycles. The maximum Gasteiger partial charge on any atom is 0.189 e. The van der Waals surface area contributed by atoms with Crippen LogP contribution in [0.4, 0.5) is 0 Å². The minimum Gasteiger partial charge on any atom is -0.396 e. The molecule has 2 aromatic rings. The molecule has 41 heavy (non-hydrogen) atoms. The Bertz CT molecular complexity index is 1390. The molecule has 4 aliphatic rings. The molecule has 8 heteroatoms. The Morgan fingerprint density at radius 3 is 2.71 bits per heavy atom. The predicted octanol–water partition coefficient (Wildman–Crippen LogP) is 2.61. The Hall–Kier alpha value is -2.83. The van der Waals surface area contributed by atoms with Crippen molar-refractivity contribution in [1.29, 1.82) is 0 Å². The van der Waals surface area contributed by atoms with E-state index in [1.54, 1.807) is 7.05 Å². The van der Waals surface area contributed by atoms with Gasteiger partial charge in [0.1, 0.15) is 0 Å². The van der Waals surface area contributed by atoms with E-state index >= 15 is 0 Å². The summed E-state index contributed by atoms with van der Waals surface area (Å²) in [5.41, 5.74) is 6.67. The van der Waals surface area contributed by atoms with Crippen LogP contribution in [0.15, 0.2) is 47.0 Å². The standard InChI is InChI=1S/C33H44N4O4/c1-31(40)10-11-32-19-27-26(31)17-29(39)33(27,41)18-24(37-30(34)35-2)8-7-22(32)13-20(9-12-38)14-23(32)16-25-15-21-5-3-4-6-28(21)36-25/h3-6,14-15,20,22,24,26-27,29,36,38-41H,9-13,16-19H2,1-2H3,(H3,34,35,37). The number of nitrogens with one attached hydrogen (secondary N) is 2. The van der Waals surface area contributed by atoms with Crippen LogP contribution in [0.2, 0.25) is 0 Å². The Morgan fingerprint density at radius 1 is 1.15 bits per heavy atom. The molecule has 9 unspecified atom stereocenters. The summed E-state index contributed by atoms with van der Waals surface area (Å²) in [6.45, 7) is 1.98. The number of aliphatic imine (C=N–C) groups is 1. The molecular formula is C33H44N4O4. The van der Waals surface area contributed by atoms with Gasteiger partial charge in [-0.15, -0.1) is 0 Å². The number of fused-ring (bicyclic) bond motifs is 1. The minimum absolute atomic E-state index is 0.0397. The van der Waals surface area contributed by atoms with Gasteiger partial charge in [-0.1, -0.05) is 41.7 Å². The molecule has 8 nitrogen and oxygen atoms in total. The summed E-state index contributed by atoms with van der Waals surface area (Å²) in [7, 11) is 1.60. The number of benzene rings is 1. The molecule has 1 aromatic carbocycles. The second-order valence-corrected chi connectivity index (χ2v) is 13.3. The highest BCUT2D eigenvalue weighted by atomic mass is 16.3. The zero-order chi connectivity index (χ0) is 29.0. The van der Waals surface area contributed by atoms with Gasteiger partial charge in [0.15, 0.2) is 5.96 Å². The van der Waals surface area contributed by atoms with Crippen LogP contribution in [-0.4, -0.2) is 68.4 Å². The molecule has 6 rings (SSSR count). The lowest BCUT2D eigenvalue weighted by Crippen LogP contribution is -2.52. The summed E-state index contributed by atoms with van der Waals surface area (Å²) in [5, 5.41) is 49.8. The van der Waals surface area contributed by atoms with Crippen molar-refractivity contribution in [2.75, 3.05) is 13.7 Å². The lowest BCUT2D eigenvalue weighted by atomic mass is 9.56. The average molecular weight is 561 g/mol. The van der Waals surface area contributed by atoms with Crippen LogP contribution in [0, 0.1) is 40.9 Å². The normalized spacial score (nSPS) is 40.3. The average Bonchev–Trinajstić information content (AvgIpc) is 3.43. The van der Waals surface area contributed by atoms with Crippen molar-refractivity contribution in [1.82, 2.24) is 10.3 Å². The van der Waals surface area contributed by atoms with Gasteiger partial charge in [-0.25, -0.2) is 0 Å². The number of allylic oxidation sites excluding steroid dienone is 2. The van der Waals surface area contributed by atoms with Gasteiger partial charge < -0.3 is 36.5 Å². The van der Waals surface area contributed by atoms with E-state index in [1.807, 2.05) is 19.1 Å². The Balaban J connectivity index is 1.51. The first-order chi connectivity index (χ1) is 19.6. The summed E-state index contributed by atoms with van der Waals surface area (Å²) in [6.07, 6.45) is 6.04. The number of guanidine groups is 1. The van der Waals surface area contributed by atoms with Crippen LogP contribution in [0.1, 0.15) is 57.6 Å². The predicted molar refractivity (Wildman–Crippen MR) is 160 cm³/mol.